The van der Waals surface area contributed by atoms with Crippen molar-refractivity contribution in [1.29, 1.82) is 0 Å². The molecule has 1 heterocycles. The number of nitrogens with one attached hydrogen (secondary N) is 1. The van der Waals surface area contributed by atoms with Gasteiger partial charge in [0.15, 0.2) is 0 Å². The van der Waals surface area contributed by atoms with Crippen LogP contribution < -0.4 is 11.1 Å². The quantitative estimate of drug-likeness (QED) is 0.754. The van der Waals surface area contributed by atoms with Gasteiger partial charge in [0.05, 0.1) is 11.9 Å². The number of aromatic nitrogens is 1. The molecule has 0 saturated heterocycles. The van der Waals surface area contributed by atoms with Crippen LogP contribution in [0.3, 0.4) is 0 Å². The molecule has 3 N–H and O–H groups in total. The van der Waals surface area contributed by atoms with Gasteiger partial charge in [-0.05, 0) is 48.0 Å². The molecule has 0 saturated carbocycles. The average molecular weight is 324 g/mol. The molecule has 0 aliphatic heterocycles. The van der Waals surface area contributed by atoms with Crippen LogP contribution in [0.15, 0.2) is 67.0 Å². The molecule has 4 nitrogen and oxygen atoms in total. The zero-order valence-corrected chi connectivity index (χ0v) is 12.9. The molecule has 2 aromatic carbocycles. The Bertz CT molecular complexity index is 847. The minimum atomic E-state index is -0.449. The smallest absolute Gasteiger partial charge is 0.248 e. The van der Waals surface area contributed by atoms with E-state index in [0.29, 0.717) is 10.6 Å². The molecule has 0 spiro atoms. The Balaban J connectivity index is 1.89. The van der Waals surface area contributed by atoms with Crippen molar-refractivity contribution >= 4 is 28.9 Å². The summed E-state index contributed by atoms with van der Waals surface area (Å²) in [7, 11) is 0. The van der Waals surface area contributed by atoms with Crippen LogP contribution in [-0.2, 0) is 0 Å². The van der Waals surface area contributed by atoms with E-state index in [1.165, 1.54) is 0 Å². The first-order chi connectivity index (χ1) is 11.1. The van der Waals surface area contributed by atoms with Crippen molar-refractivity contribution in [3.8, 4) is 11.1 Å². The summed E-state index contributed by atoms with van der Waals surface area (Å²) in [5, 5.41) is 3.95. The molecule has 1 aromatic heterocycles. The molecule has 23 heavy (non-hydrogen) atoms. The number of carbonyl (C=O) groups excluding carboxylic acids is 1. The third-order valence-corrected chi connectivity index (χ3v) is 3.60. The second-order valence-corrected chi connectivity index (χ2v) is 5.48. The number of hydrogen-bond donors (Lipinski definition) is 2. The fourth-order valence-corrected chi connectivity index (χ4v) is 2.34. The molecule has 0 bridgehead atoms. The lowest BCUT2D eigenvalue weighted by Gasteiger charge is -2.09. The number of carbonyl (C=O) groups is 1. The molecule has 0 atom stereocenters. The molecule has 1 amide bonds. The normalized spacial score (nSPS) is 10.3. The van der Waals surface area contributed by atoms with Crippen LogP contribution in [-0.4, -0.2) is 10.9 Å². The largest absolute Gasteiger partial charge is 0.366 e. The Kier molecular flexibility index (Phi) is 4.26. The van der Waals surface area contributed by atoms with E-state index >= 15 is 0 Å². The molecule has 5 heteroatoms. The first-order valence-electron chi connectivity index (χ1n) is 7.00. The maximum Gasteiger partial charge on any atom is 0.248 e. The first-order valence-corrected chi connectivity index (χ1v) is 7.37. The van der Waals surface area contributed by atoms with Gasteiger partial charge in [0.1, 0.15) is 0 Å². The van der Waals surface area contributed by atoms with E-state index in [-0.39, 0.29) is 0 Å². The summed E-state index contributed by atoms with van der Waals surface area (Å²) < 4.78 is 0. The molecule has 0 fully saturated rings. The summed E-state index contributed by atoms with van der Waals surface area (Å²) in [5.74, 6) is -0.449. The van der Waals surface area contributed by atoms with Gasteiger partial charge in [0, 0.05) is 28.0 Å². The highest BCUT2D eigenvalue weighted by Gasteiger charge is 2.05. The van der Waals surface area contributed by atoms with E-state index in [2.05, 4.69) is 10.3 Å². The van der Waals surface area contributed by atoms with E-state index < -0.39 is 5.91 Å². The molecule has 3 aromatic rings. The van der Waals surface area contributed by atoms with Gasteiger partial charge in [-0.3, -0.25) is 9.78 Å². The van der Waals surface area contributed by atoms with Gasteiger partial charge in [-0.2, -0.15) is 0 Å². The van der Waals surface area contributed by atoms with Crippen LogP contribution in [0, 0.1) is 0 Å². The molecule has 0 unspecified atom stereocenters. The van der Waals surface area contributed by atoms with Crippen molar-refractivity contribution in [2.24, 2.45) is 5.73 Å². The minimum Gasteiger partial charge on any atom is -0.366 e. The summed E-state index contributed by atoms with van der Waals surface area (Å²) in [4.78, 5) is 15.5. The summed E-state index contributed by atoms with van der Waals surface area (Å²) >= 11 is 5.88. The number of anilines is 2. The molecular weight excluding hydrogens is 310 g/mol. The highest BCUT2D eigenvalue weighted by molar-refractivity contribution is 6.30. The summed E-state index contributed by atoms with van der Waals surface area (Å²) in [6.45, 7) is 0. The fraction of sp³-hybridized carbons (Fsp3) is 0. The molecular formula is C18H14ClN3O. The fourth-order valence-electron chi connectivity index (χ4n) is 2.22. The second kappa shape index (κ2) is 6.50. The van der Waals surface area contributed by atoms with Gasteiger partial charge >= 0.3 is 0 Å². The molecule has 0 aliphatic carbocycles. The van der Waals surface area contributed by atoms with E-state index in [1.54, 1.807) is 30.6 Å². The van der Waals surface area contributed by atoms with Crippen LogP contribution in [0.5, 0.6) is 0 Å². The lowest BCUT2D eigenvalue weighted by Crippen LogP contribution is -2.10. The number of amides is 1. The Morgan fingerprint density at radius 3 is 2.48 bits per heavy atom. The molecule has 0 radical (unpaired) electrons. The Morgan fingerprint density at radius 1 is 0.957 bits per heavy atom. The van der Waals surface area contributed by atoms with Gasteiger partial charge in [-0.1, -0.05) is 23.7 Å². The lowest BCUT2D eigenvalue weighted by molar-refractivity contribution is 0.100. The number of rotatable bonds is 4. The van der Waals surface area contributed by atoms with Crippen LogP contribution in [0.25, 0.3) is 11.1 Å². The summed E-state index contributed by atoms with van der Waals surface area (Å²) in [6, 6.07) is 16.5. The van der Waals surface area contributed by atoms with E-state index in [4.69, 9.17) is 17.3 Å². The third-order valence-electron chi connectivity index (χ3n) is 3.35. The van der Waals surface area contributed by atoms with Crippen molar-refractivity contribution in [3.63, 3.8) is 0 Å². The predicted molar refractivity (Wildman–Crippen MR) is 92.9 cm³/mol. The number of nitrogens with zero attached hydrogens (tertiary/aromatic N) is 1. The highest BCUT2D eigenvalue weighted by Crippen LogP contribution is 2.25. The minimum absolute atomic E-state index is 0.449. The summed E-state index contributed by atoms with van der Waals surface area (Å²) in [6.07, 6.45) is 3.48. The van der Waals surface area contributed by atoms with Crippen molar-refractivity contribution < 1.29 is 4.79 Å². The van der Waals surface area contributed by atoms with Crippen molar-refractivity contribution in [3.05, 3.63) is 77.6 Å². The average Bonchev–Trinajstić information content (AvgIpc) is 2.57. The Morgan fingerprint density at radius 2 is 1.74 bits per heavy atom. The maximum absolute atomic E-state index is 11.3. The van der Waals surface area contributed by atoms with Gasteiger partial charge in [-0.15, -0.1) is 0 Å². The highest BCUT2D eigenvalue weighted by atomic mass is 35.5. The zero-order valence-electron chi connectivity index (χ0n) is 12.2. The monoisotopic (exact) mass is 323 g/mol. The SMILES string of the molecule is NC(=O)c1cccc(-c2cncc(Nc3ccc(Cl)cc3)c2)c1. The molecule has 3 rings (SSSR count). The number of benzene rings is 2. The van der Waals surface area contributed by atoms with Gasteiger partial charge < -0.3 is 11.1 Å². The second-order valence-electron chi connectivity index (χ2n) is 5.04. The number of nitrogens with two attached hydrogens (primary N) is 1. The Hall–Kier alpha value is -2.85. The van der Waals surface area contributed by atoms with E-state index in [1.807, 2.05) is 36.4 Å². The van der Waals surface area contributed by atoms with Crippen LogP contribution in [0.1, 0.15) is 10.4 Å². The third kappa shape index (κ3) is 3.67. The zero-order chi connectivity index (χ0) is 16.2. The Labute approximate surface area is 138 Å². The van der Waals surface area contributed by atoms with Gasteiger partial charge in [0.25, 0.3) is 0 Å². The number of hydrogen-bond acceptors (Lipinski definition) is 3. The van der Waals surface area contributed by atoms with Gasteiger partial charge in [0.2, 0.25) is 5.91 Å². The predicted octanol–water partition coefficient (Wildman–Crippen LogP) is 4.24. The molecule has 0 aliphatic rings. The van der Waals surface area contributed by atoms with Crippen molar-refractivity contribution in [2.75, 3.05) is 5.32 Å². The van der Waals surface area contributed by atoms with E-state index in [9.17, 15) is 4.79 Å². The maximum atomic E-state index is 11.3. The van der Waals surface area contributed by atoms with Crippen LogP contribution in [0.4, 0.5) is 11.4 Å². The molecule has 114 valence electrons. The lowest BCUT2D eigenvalue weighted by atomic mass is 10.0. The summed E-state index contributed by atoms with van der Waals surface area (Å²) in [5.41, 5.74) is 9.33. The number of halogens is 1. The van der Waals surface area contributed by atoms with Crippen molar-refractivity contribution in [2.45, 2.75) is 0 Å². The standard InChI is InChI=1S/C18H14ClN3O/c19-15-4-6-16(7-5-15)22-17-9-14(10-21-11-17)12-2-1-3-13(8-12)18(20)23/h1-11,22H,(H2,20,23). The van der Waals surface area contributed by atoms with Crippen LogP contribution >= 0.6 is 11.6 Å². The number of primary amides is 1. The van der Waals surface area contributed by atoms with Gasteiger partial charge in [-0.25, -0.2) is 0 Å². The van der Waals surface area contributed by atoms with Crippen molar-refractivity contribution in [1.82, 2.24) is 4.98 Å². The van der Waals surface area contributed by atoms with Crippen LogP contribution in [0.2, 0.25) is 5.02 Å². The topological polar surface area (TPSA) is 68.0 Å². The number of pyridine rings is 1. The first kappa shape index (κ1) is 15.1. The van der Waals surface area contributed by atoms with E-state index in [0.717, 1.165) is 22.5 Å².